The number of rotatable bonds is 6. The van der Waals surface area contributed by atoms with E-state index in [1.807, 2.05) is 51.1 Å². The quantitative estimate of drug-likeness (QED) is 0.890. The largest absolute Gasteiger partial charge is 0.464 e. The van der Waals surface area contributed by atoms with E-state index in [0.717, 1.165) is 5.56 Å². The second-order valence-electron chi connectivity index (χ2n) is 5.02. The van der Waals surface area contributed by atoms with Gasteiger partial charge in [0.1, 0.15) is 0 Å². The Balaban J connectivity index is 1.99. The third-order valence-corrected chi connectivity index (χ3v) is 3.27. The molecule has 1 amide bonds. The minimum atomic E-state index is -0.0391. The summed E-state index contributed by atoms with van der Waals surface area (Å²) in [7, 11) is 0. The third-order valence-electron chi connectivity index (χ3n) is 3.27. The summed E-state index contributed by atoms with van der Waals surface area (Å²) in [5, 5.41) is 2.90. The number of anilines is 1. The van der Waals surface area contributed by atoms with E-state index in [4.69, 9.17) is 4.74 Å². The molecule has 0 fully saturated rings. The lowest BCUT2D eigenvalue weighted by Crippen LogP contribution is -2.16. The van der Waals surface area contributed by atoms with Crippen molar-refractivity contribution in [1.29, 1.82) is 0 Å². The molecule has 0 aliphatic heterocycles. The van der Waals surface area contributed by atoms with Gasteiger partial charge in [0, 0.05) is 6.42 Å². The van der Waals surface area contributed by atoms with Gasteiger partial charge in [-0.3, -0.25) is 4.79 Å². The van der Waals surface area contributed by atoms with Crippen LogP contribution in [0, 0.1) is 13.8 Å². The first kappa shape index (κ1) is 15.9. The first-order valence-corrected chi connectivity index (χ1v) is 7.42. The fourth-order valence-corrected chi connectivity index (χ4v) is 2.16. The average Bonchev–Trinajstić information content (AvgIpc) is 2.50. The van der Waals surface area contributed by atoms with E-state index >= 15 is 0 Å². The Hall–Kier alpha value is -2.43. The minimum absolute atomic E-state index is 0.0391. The van der Waals surface area contributed by atoms with Crippen molar-refractivity contribution < 1.29 is 9.53 Å². The number of ether oxygens (including phenoxy) is 1. The lowest BCUT2D eigenvalue weighted by atomic mass is 10.1. The Labute approximate surface area is 130 Å². The molecular formula is C17H21N3O2. The molecule has 1 aromatic carbocycles. The molecule has 5 nitrogen and oxygen atoms in total. The number of carbonyl (C=O) groups excluding carboxylic acids is 1. The van der Waals surface area contributed by atoms with Crippen molar-refractivity contribution in [3.05, 3.63) is 47.3 Å². The van der Waals surface area contributed by atoms with Crippen molar-refractivity contribution in [2.24, 2.45) is 0 Å². The highest BCUT2D eigenvalue weighted by atomic mass is 16.5. The summed E-state index contributed by atoms with van der Waals surface area (Å²) in [6, 6.07) is 10.3. The average molecular weight is 299 g/mol. The lowest BCUT2D eigenvalue weighted by Gasteiger charge is -2.12. The van der Waals surface area contributed by atoms with Crippen LogP contribution in [0.25, 0.3) is 0 Å². The van der Waals surface area contributed by atoms with Crippen LogP contribution < -0.4 is 10.1 Å². The molecule has 22 heavy (non-hydrogen) atoms. The van der Waals surface area contributed by atoms with E-state index in [2.05, 4.69) is 15.3 Å². The molecule has 5 heteroatoms. The molecule has 2 aromatic rings. The zero-order valence-electron chi connectivity index (χ0n) is 13.2. The van der Waals surface area contributed by atoms with Crippen LogP contribution in [0.5, 0.6) is 6.01 Å². The molecule has 0 saturated heterocycles. The number of hydrogen-bond donors (Lipinski definition) is 1. The summed E-state index contributed by atoms with van der Waals surface area (Å²) in [5.74, 6) is -0.0391. The van der Waals surface area contributed by atoms with Crippen LogP contribution in [-0.4, -0.2) is 22.5 Å². The van der Waals surface area contributed by atoms with Gasteiger partial charge in [0.15, 0.2) is 0 Å². The molecule has 2 rings (SSSR count). The predicted octanol–water partition coefficient (Wildman–Crippen LogP) is 3.06. The number of amides is 1. The number of carbonyl (C=O) groups is 1. The second kappa shape index (κ2) is 7.54. The van der Waals surface area contributed by atoms with Crippen LogP contribution in [0.15, 0.2) is 30.3 Å². The smallest absolute Gasteiger partial charge is 0.316 e. The Morgan fingerprint density at radius 1 is 1.14 bits per heavy atom. The number of aromatic nitrogens is 2. The van der Waals surface area contributed by atoms with E-state index in [1.165, 1.54) is 0 Å². The molecule has 0 aliphatic carbocycles. The molecule has 116 valence electrons. The second-order valence-corrected chi connectivity index (χ2v) is 5.02. The number of nitrogens with one attached hydrogen (secondary N) is 1. The molecule has 1 N–H and O–H groups in total. The van der Waals surface area contributed by atoms with Crippen LogP contribution in [-0.2, 0) is 11.2 Å². The van der Waals surface area contributed by atoms with Crippen molar-refractivity contribution in [3.8, 4) is 6.01 Å². The van der Waals surface area contributed by atoms with Crippen LogP contribution >= 0.6 is 0 Å². The van der Waals surface area contributed by atoms with Gasteiger partial charge in [-0.1, -0.05) is 30.3 Å². The van der Waals surface area contributed by atoms with Crippen LogP contribution in [0.3, 0.4) is 0 Å². The fraction of sp³-hybridized carbons (Fsp3) is 0.353. The number of nitrogens with zero attached hydrogens (tertiary/aromatic N) is 2. The van der Waals surface area contributed by atoms with Crippen LogP contribution in [0.1, 0.15) is 30.3 Å². The zero-order chi connectivity index (χ0) is 15.9. The van der Waals surface area contributed by atoms with E-state index in [-0.39, 0.29) is 5.91 Å². The van der Waals surface area contributed by atoms with Crippen LogP contribution in [0.2, 0.25) is 0 Å². The van der Waals surface area contributed by atoms with Crippen molar-refractivity contribution in [3.63, 3.8) is 0 Å². The highest BCUT2D eigenvalue weighted by molar-refractivity contribution is 5.91. The first-order valence-electron chi connectivity index (χ1n) is 7.42. The Bertz CT molecular complexity index is 619. The third kappa shape index (κ3) is 4.28. The summed E-state index contributed by atoms with van der Waals surface area (Å²) in [5.41, 5.74) is 3.24. The normalized spacial score (nSPS) is 10.3. The molecule has 0 bridgehead atoms. The minimum Gasteiger partial charge on any atom is -0.464 e. The number of benzene rings is 1. The van der Waals surface area contributed by atoms with Crippen LogP contribution in [0.4, 0.5) is 5.69 Å². The SMILES string of the molecule is CCOc1nc(C)c(NC(=O)CCc2ccccc2)c(C)n1. The van der Waals surface area contributed by atoms with Gasteiger partial charge in [-0.15, -0.1) is 0 Å². The number of aryl methyl sites for hydroxylation is 3. The van der Waals surface area contributed by atoms with Gasteiger partial charge in [0.05, 0.1) is 23.7 Å². The van der Waals surface area contributed by atoms with Gasteiger partial charge in [-0.25, -0.2) is 0 Å². The predicted molar refractivity (Wildman–Crippen MR) is 86.1 cm³/mol. The summed E-state index contributed by atoms with van der Waals surface area (Å²) in [6.45, 7) is 6.07. The fourth-order valence-electron chi connectivity index (χ4n) is 2.16. The molecule has 0 aliphatic rings. The molecular weight excluding hydrogens is 278 g/mol. The van der Waals surface area contributed by atoms with Crippen molar-refractivity contribution in [2.45, 2.75) is 33.6 Å². The Kier molecular flexibility index (Phi) is 5.47. The maximum atomic E-state index is 12.1. The van der Waals surface area contributed by atoms with Crippen molar-refractivity contribution in [1.82, 2.24) is 9.97 Å². The standard InChI is InChI=1S/C17H21N3O2/c1-4-22-17-18-12(2)16(13(3)19-17)20-15(21)11-10-14-8-6-5-7-9-14/h5-9H,4,10-11H2,1-3H3,(H,20,21). The van der Waals surface area contributed by atoms with Crippen molar-refractivity contribution in [2.75, 3.05) is 11.9 Å². The van der Waals surface area contributed by atoms with E-state index in [1.54, 1.807) is 0 Å². The van der Waals surface area contributed by atoms with Gasteiger partial charge < -0.3 is 10.1 Å². The monoisotopic (exact) mass is 299 g/mol. The topological polar surface area (TPSA) is 64.1 Å². The van der Waals surface area contributed by atoms with Gasteiger partial charge in [-0.2, -0.15) is 9.97 Å². The van der Waals surface area contributed by atoms with Crippen molar-refractivity contribution >= 4 is 11.6 Å². The summed E-state index contributed by atoms with van der Waals surface area (Å²) >= 11 is 0. The van der Waals surface area contributed by atoms with Gasteiger partial charge >= 0.3 is 6.01 Å². The molecule has 0 saturated carbocycles. The highest BCUT2D eigenvalue weighted by Crippen LogP contribution is 2.20. The molecule has 0 spiro atoms. The Morgan fingerprint density at radius 3 is 2.36 bits per heavy atom. The zero-order valence-corrected chi connectivity index (χ0v) is 13.2. The van der Waals surface area contributed by atoms with Gasteiger partial charge in [0.25, 0.3) is 0 Å². The maximum Gasteiger partial charge on any atom is 0.316 e. The lowest BCUT2D eigenvalue weighted by molar-refractivity contribution is -0.116. The number of hydrogen-bond acceptors (Lipinski definition) is 4. The maximum absolute atomic E-state index is 12.1. The van der Waals surface area contributed by atoms with E-state index in [0.29, 0.717) is 42.5 Å². The summed E-state index contributed by atoms with van der Waals surface area (Å²) in [4.78, 5) is 20.6. The van der Waals surface area contributed by atoms with E-state index < -0.39 is 0 Å². The molecule has 0 unspecified atom stereocenters. The summed E-state index contributed by atoms with van der Waals surface area (Å²) in [6.07, 6.45) is 1.14. The highest BCUT2D eigenvalue weighted by Gasteiger charge is 2.12. The molecule has 1 heterocycles. The first-order chi connectivity index (χ1) is 10.6. The molecule has 0 radical (unpaired) electrons. The van der Waals surface area contributed by atoms with Gasteiger partial charge in [0.2, 0.25) is 5.91 Å². The Morgan fingerprint density at radius 2 is 1.77 bits per heavy atom. The summed E-state index contributed by atoms with van der Waals surface area (Å²) < 4.78 is 5.30. The molecule has 1 aromatic heterocycles. The van der Waals surface area contributed by atoms with Gasteiger partial charge in [-0.05, 0) is 32.8 Å². The van der Waals surface area contributed by atoms with E-state index in [9.17, 15) is 4.79 Å². The molecule has 0 atom stereocenters.